The number of aryl methyl sites for hydroxylation is 1. The van der Waals surface area contributed by atoms with Crippen molar-refractivity contribution < 1.29 is 14.3 Å². The van der Waals surface area contributed by atoms with Crippen LogP contribution in [0, 0.1) is 6.92 Å². The van der Waals surface area contributed by atoms with Gasteiger partial charge in [0.25, 0.3) is 5.91 Å². The fourth-order valence-electron chi connectivity index (χ4n) is 2.90. The molecule has 0 N–H and O–H groups in total. The normalized spacial score (nSPS) is 14.0. The predicted octanol–water partition coefficient (Wildman–Crippen LogP) is 4.46. The van der Waals surface area contributed by atoms with Gasteiger partial charge in [-0.15, -0.1) is 11.3 Å². The van der Waals surface area contributed by atoms with Crippen LogP contribution in [0.4, 0.5) is 0 Å². The van der Waals surface area contributed by atoms with Crippen molar-refractivity contribution in [2.75, 3.05) is 13.2 Å². The van der Waals surface area contributed by atoms with E-state index in [4.69, 9.17) is 21.1 Å². The highest BCUT2D eigenvalue weighted by molar-refractivity contribution is 7.07. The summed E-state index contributed by atoms with van der Waals surface area (Å²) < 4.78 is 13.2. The Morgan fingerprint density at radius 1 is 1.21 bits per heavy atom. The Bertz CT molecular complexity index is 1070. The highest BCUT2D eigenvalue weighted by Gasteiger charge is 2.18. The molecule has 0 radical (unpaired) electrons. The number of fused-ring (bicyclic) bond motifs is 1. The molecule has 2 aromatic carbocycles. The summed E-state index contributed by atoms with van der Waals surface area (Å²) in [6, 6.07) is 11.5. The molecule has 0 bridgehead atoms. The van der Waals surface area contributed by atoms with Gasteiger partial charge in [-0.2, -0.15) is 4.99 Å². The van der Waals surface area contributed by atoms with Crippen LogP contribution in [0.2, 0.25) is 5.02 Å². The van der Waals surface area contributed by atoms with Gasteiger partial charge in [-0.25, -0.2) is 0 Å². The molecular weight excluding hydrogens is 396 g/mol. The van der Waals surface area contributed by atoms with Crippen LogP contribution in [-0.4, -0.2) is 23.7 Å². The summed E-state index contributed by atoms with van der Waals surface area (Å²) in [6.07, 6.45) is 2.70. The SMILES string of the molecule is Cc1ccc(Cn2ccsc2=NC(=O)c2cc(Cl)c3c(c2)OCCCO3)cc1. The van der Waals surface area contributed by atoms with Crippen LogP contribution < -0.4 is 14.3 Å². The topological polar surface area (TPSA) is 52.8 Å². The third-order valence-electron chi connectivity index (χ3n) is 4.38. The van der Waals surface area contributed by atoms with Crippen molar-refractivity contribution in [1.82, 2.24) is 4.57 Å². The smallest absolute Gasteiger partial charge is 0.279 e. The van der Waals surface area contributed by atoms with Crippen LogP contribution in [0.1, 0.15) is 27.9 Å². The molecule has 7 heteroatoms. The molecule has 1 amide bonds. The van der Waals surface area contributed by atoms with E-state index in [9.17, 15) is 4.79 Å². The molecule has 2 heterocycles. The fourth-order valence-corrected chi connectivity index (χ4v) is 3.89. The van der Waals surface area contributed by atoms with Crippen LogP contribution in [0.25, 0.3) is 0 Å². The Balaban J connectivity index is 1.62. The van der Waals surface area contributed by atoms with E-state index in [0.29, 0.717) is 46.6 Å². The minimum absolute atomic E-state index is 0.358. The van der Waals surface area contributed by atoms with Crippen molar-refractivity contribution in [2.45, 2.75) is 19.9 Å². The fraction of sp³-hybridized carbons (Fsp3) is 0.238. The number of thiazole rings is 1. The maximum absolute atomic E-state index is 12.8. The lowest BCUT2D eigenvalue weighted by Crippen LogP contribution is -2.17. The van der Waals surface area contributed by atoms with Gasteiger partial charge in [-0.3, -0.25) is 4.79 Å². The van der Waals surface area contributed by atoms with E-state index in [2.05, 4.69) is 36.2 Å². The van der Waals surface area contributed by atoms with Crippen LogP contribution in [0.5, 0.6) is 11.5 Å². The highest BCUT2D eigenvalue weighted by Crippen LogP contribution is 2.38. The molecule has 4 rings (SSSR count). The van der Waals surface area contributed by atoms with E-state index in [-0.39, 0.29) is 5.91 Å². The van der Waals surface area contributed by atoms with Gasteiger partial charge in [-0.1, -0.05) is 41.4 Å². The molecule has 1 aliphatic rings. The lowest BCUT2D eigenvalue weighted by Gasteiger charge is -2.10. The van der Waals surface area contributed by atoms with E-state index in [0.717, 1.165) is 12.0 Å². The lowest BCUT2D eigenvalue weighted by molar-refractivity contribution is 0.0997. The van der Waals surface area contributed by atoms with Crippen molar-refractivity contribution >= 4 is 28.8 Å². The number of nitrogens with zero attached hydrogens (tertiary/aromatic N) is 2. The van der Waals surface area contributed by atoms with Gasteiger partial charge in [0.2, 0.25) is 0 Å². The Morgan fingerprint density at radius 3 is 2.82 bits per heavy atom. The zero-order valence-corrected chi connectivity index (χ0v) is 16.9. The van der Waals surface area contributed by atoms with Gasteiger partial charge in [0.15, 0.2) is 16.3 Å². The Kier molecular flexibility index (Phi) is 5.50. The van der Waals surface area contributed by atoms with Crippen molar-refractivity contribution in [3.63, 3.8) is 0 Å². The van der Waals surface area contributed by atoms with Crippen LogP contribution in [0.15, 0.2) is 53.0 Å². The van der Waals surface area contributed by atoms with Gasteiger partial charge in [0, 0.05) is 30.1 Å². The average Bonchev–Trinajstić information content (AvgIpc) is 2.96. The molecule has 0 aliphatic carbocycles. The zero-order chi connectivity index (χ0) is 19.5. The molecule has 0 spiro atoms. The summed E-state index contributed by atoms with van der Waals surface area (Å²) in [5.74, 6) is 0.612. The summed E-state index contributed by atoms with van der Waals surface area (Å²) in [6.45, 7) is 3.78. The number of halogens is 1. The number of aromatic nitrogens is 1. The molecule has 0 saturated heterocycles. The van der Waals surface area contributed by atoms with Gasteiger partial charge in [0.05, 0.1) is 18.2 Å². The number of hydrogen-bond acceptors (Lipinski definition) is 4. The molecule has 5 nitrogen and oxygen atoms in total. The molecule has 28 heavy (non-hydrogen) atoms. The number of amides is 1. The Hall–Kier alpha value is -2.57. The molecule has 1 aromatic heterocycles. The Labute approximate surface area is 171 Å². The summed E-state index contributed by atoms with van der Waals surface area (Å²) >= 11 is 7.71. The van der Waals surface area contributed by atoms with E-state index < -0.39 is 0 Å². The molecule has 0 saturated carbocycles. The maximum Gasteiger partial charge on any atom is 0.279 e. The molecule has 0 unspecified atom stereocenters. The third-order valence-corrected chi connectivity index (χ3v) is 5.45. The molecule has 0 fully saturated rings. The van der Waals surface area contributed by atoms with Gasteiger partial charge < -0.3 is 14.0 Å². The lowest BCUT2D eigenvalue weighted by atomic mass is 10.1. The standard InChI is InChI=1S/C21H19ClN2O3S/c1-14-3-5-15(6-4-14)13-24-7-10-28-21(24)23-20(25)16-11-17(22)19-18(12-16)26-8-2-9-27-19/h3-7,10-12H,2,8-9,13H2,1H3. The second-order valence-electron chi connectivity index (χ2n) is 6.55. The van der Waals surface area contributed by atoms with Crippen molar-refractivity contribution in [3.05, 3.63) is 74.5 Å². The number of carbonyl (C=O) groups is 1. The number of hydrogen-bond donors (Lipinski definition) is 0. The second kappa shape index (κ2) is 8.20. The summed E-state index contributed by atoms with van der Waals surface area (Å²) in [4.78, 5) is 17.7. The molecule has 0 atom stereocenters. The number of benzene rings is 2. The predicted molar refractivity (Wildman–Crippen MR) is 110 cm³/mol. The van der Waals surface area contributed by atoms with E-state index in [1.165, 1.54) is 16.9 Å². The minimum Gasteiger partial charge on any atom is -0.489 e. The summed E-state index contributed by atoms with van der Waals surface area (Å²) in [5, 5.41) is 2.28. The maximum atomic E-state index is 12.8. The number of rotatable bonds is 3. The zero-order valence-electron chi connectivity index (χ0n) is 15.4. The number of carbonyl (C=O) groups excluding carboxylic acids is 1. The largest absolute Gasteiger partial charge is 0.489 e. The minimum atomic E-state index is -0.363. The first-order chi connectivity index (χ1) is 13.6. The van der Waals surface area contributed by atoms with E-state index in [1.807, 2.05) is 16.1 Å². The molecule has 3 aromatic rings. The van der Waals surface area contributed by atoms with Gasteiger partial charge in [-0.05, 0) is 24.6 Å². The third kappa shape index (κ3) is 4.13. The van der Waals surface area contributed by atoms with Gasteiger partial charge >= 0.3 is 0 Å². The van der Waals surface area contributed by atoms with Crippen LogP contribution >= 0.6 is 22.9 Å². The first-order valence-corrected chi connectivity index (χ1v) is 10.2. The van der Waals surface area contributed by atoms with Crippen molar-refractivity contribution in [2.24, 2.45) is 4.99 Å². The van der Waals surface area contributed by atoms with Gasteiger partial charge in [0.1, 0.15) is 0 Å². The molecule has 144 valence electrons. The molecular formula is C21H19ClN2O3S. The molecule has 1 aliphatic heterocycles. The summed E-state index contributed by atoms with van der Waals surface area (Å²) in [7, 11) is 0. The Morgan fingerprint density at radius 2 is 2.00 bits per heavy atom. The van der Waals surface area contributed by atoms with Crippen molar-refractivity contribution in [1.29, 1.82) is 0 Å². The van der Waals surface area contributed by atoms with Crippen molar-refractivity contribution in [3.8, 4) is 11.5 Å². The van der Waals surface area contributed by atoms with Crippen LogP contribution in [0.3, 0.4) is 0 Å². The number of ether oxygens (including phenoxy) is 2. The monoisotopic (exact) mass is 414 g/mol. The van der Waals surface area contributed by atoms with E-state index in [1.54, 1.807) is 12.1 Å². The van der Waals surface area contributed by atoms with Crippen LogP contribution in [-0.2, 0) is 6.54 Å². The van der Waals surface area contributed by atoms with E-state index >= 15 is 0 Å². The average molecular weight is 415 g/mol. The first-order valence-electron chi connectivity index (χ1n) is 8.98. The quantitative estimate of drug-likeness (QED) is 0.635. The highest BCUT2D eigenvalue weighted by atomic mass is 35.5. The second-order valence-corrected chi connectivity index (χ2v) is 7.83. The first kappa shape index (κ1) is 18.8. The summed E-state index contributed by atoms with van der Waals surface area (Å²) in [5.41, 5.74) is 2.74.